The average molecular weight is 201 g/mol. The van der Waals surface area contributed by atoms with Crippen molar-refractivity contribution in [2.75, 3.05) is 18.0 Å². The van der Waals surface area contributed by atoms with Gasteiger partial charge in [0.15, 0.2) is 0 Å². The number of hydrogen-bond acceptors (Lipinski definition) is 4. The molecule has 1 aliphatic heterocycles. The van der Waals surface area contributed by atoms with Crippen LogP contribution >= 0.6 is 0 Å². The highest BCUT2D eigenvalue weighted by molar-refractivity contribution is 5.36. The molecule has 1 aromatic heterocycles. The Hall–Kier alpha value is -1.30. The summed E-state index contributed by atoms with van der Waals surface area (Å²) >= 11 is 0. The fourth-order valence-electron chi connectivity index (χ4n) is 1.28. The van der Waals surface area contributed by atoms with Gasteiger partial charge < -0.3 is 10.0 Å². The first-order valence-electron chi connectivity index (χ1n) is 4.16. The van der Waals surface area contributed by atoms with Crippen LogP contribution in [0.3, 0.4) is 0 Å². The first kappa shape index (κ1) is 9.26. The van der Waals surface area contributed by atoms with Crippen LogP contribution in [0.4, 0.5) is 14.7 Å². The molecule has 4 nitrogen and oxygen atoms in total. The van der Waals surface area contributed by atoms with Crippen LogP contribution in [0, 0.1) is 0 Å². The number of anilines is 1. The van der Waals surface area contributed by atoms with E-state index in [9.17, 15) is 8.78 Å². The van der Waals surface area contributed by atoms with Gasteiger partial charge in [0.1, 0.15) is 0 Å². The second kappa shape index (κ2) is 3.13. The van der Waals surface area contributed by atoms with Crippen LogP contribution in [-0.4, -0.2) is 34.1 Å². The highest BCUT2D eigenvalue weighted by Crippen LogP contribution is 2.29. The summed E-state index contributed by atoms with van der Waals surface area (Å²) in [7, 11) is 0. The van der Waals surface area contributed by atoms with E-state index in [1.54, 1.807) is 6.07 Å². The van der Waals surface area contributed by atoms with Crippen LogP contribution in [0.15, 0.2) is 12.3 Å². The van der Waals surface area contributed by atoms with Crippen LogP contribution in [-0.2, 0) is 6.61 Å². The highest BCUT2D eigenvalue weighted by atomic mass is 19.3. The Bertz CT molecular complexity index is 337. The maximum absolute atomic E-state index is 12.5. The third kappa shape index (κ3) is 1.65. The molecule has 0 aliphatic carbocycles. The summed E-state index contributed by atoms with van der Waals surface area (Å²) in [6.07, 6.45) is 1.45. The molecule has 1 aromatic rings. The van der Waals surface area contributed by atoms with Crippen LogP contribution in [0.2, 0.25) is 0 Å². The summed E-state index contributed by atoms with van der Waals surface area (Å²) in [5, 5.41) is 8.78. The smallest absolute Gasteiger partial charge is 0.282 e. The van der Waals surface area contributed by atoms with Gasteiger partial charge in [0.05, 0.1) is 25.4 Å². The molecule has 0 amide bonds. The quantitative estimate of drug-likeness (QED) is 0.753. The van der Waals surface area contributed by atoms with Crippen LogP contribution in [0.25, 0.3) is 0 Å². The number of aromatic nitrogens is 2. The minimum absolute atomic E-state index is 0.209. The number of nitrogens with zero attached hydrogens (tertiary/aromatic N) is 3. The van der Waals surface area contributed by atoms with E-state index in [-0.39, 0.29) is 25.6 Å². The molecule has 0 radical (unpaired) electrons. The Labute approximate surface area is 79.2 Å². The van der Waals surface area contributed by atoms with Crippen molar-refractivity contribution in [2.24, 2.45) is 0 Å². The molecule has 0 unspecified atom stereocenters. The largest absolute Gasteiger partial charge is 0.390 e. The fourth-order valence-corrected chi connectivity index (χ4v) is 1.28. The zero-order chi connectivity index (χ0) is 10.2. The zero-order valence-electron chi connectivity index (χ0n) is 7.32. The van der Waals surface area contributed by atoms with E-state index in [0.717, 1.165) is 0 Å². The highest BCUT2D eigenvalue weighted by Gasteiger charge is 2.45. The van der Waals surface area contributed by atoms with Gasteiger partial charge in [-0.2, -0.15) is 0 Å². The molecule has 2 rings (SSSR count). The van der Waals surface area contributed by atoms with Gasteiger partial charge in [0.2, 0.25) is 5.95 Å². The Balaban J connectivity index is 2.11. The van der Waals surface area contributed by atoms with E-state index in [2.05, 4.69) is 9.97 Å². The lowest BCUT2D eigenvalue weighted by Gasteiger charge is -2.38. The van der Waals surface area contributed by atoms with Crippen LogP contribution in [0.1, 0.15) is 5.69 Å². The molecule has 0 bridgehead atoms. The van der Waals surface area contributed by atoms with Crippen molar-refractivity contribution in [3.63, 3.8) is 0 Å². The number of aliphatic hydroxyl groups excluding tert-OH is 1. The van der Waals surface area contributed by atoms with Crippen molar-refractivity contribution in [3.05, 3.63) is 18.0 Å². The first-order chi connectivity index (χ1) is 6.61. The Morgan fingerprint density at radius 2 is 2.21 bits per heavy atom. The lowest BCUT2D eigenvalue weighted by Crippen LogP contribution is -2.57. The lowest BCUT2D eigenvalue weighted by atomic mass is 10.2. The molecule has 1 saturated heterocycles. The molecule has 6 heteroatoms. The van der Waals surface area contributed by atoms with Crippen molar-refractivity contribution in [1.29, 1.82) is 0 Å². The Morgan fingerprint density at radius 1 is 1.50 bits per heavy atom. The molecule has 1 aliphatic rings. The van der Waals surface area contributed by atoms with Gasteiger partial charge in [0.25, 0.3) is 5.92 Å². The SMILES string of the molecule is OCc1ccnc(N2CC(F)(F)C2)n1. The van der Waals surface area contributed by atoms with Gasteiger partial charge in [-0.05, 0) is 6.07 Å². The third-order valence-corrected chi connectivity index (χ3v) is 1.99. The summed E-state index contributed by atoms with van der Waals surface area (Å²) < 4.78 is 25.0. The summed E-state index contributed by atoms with van der Waals surface area (Å²) in [4.78, 5) is 9.13. The van der Waals surface area contributed by atoms with E-state index < -0.39 is 5.92 Å². The number of aliphatic hydroxyl groups is 1. The number of alkyl halides is 2. The summed E-state index contributed by atoms with van der Waals surface area (Å²) in [6, 6.07) is 1.54. The van der Waals surface area contributed by atoms with Gasteiger partial charge in [-0.3, -0.25) is 0 Å². The summed E-state index contributed by atoms with van der Waals surface area (Å²) in [6.45, 7) is -0.899. The topological polar surface area (TPSA) is 49.3 Å². The second-order valence-electron chi connectivity index (χ2n) is 3.22. The van der Waals surface area contributed by atoms with Gasteiger partial charge in [-0.25, -0.2) is 18.7 Å². The van der Waals surface area contributed by atoms with Crippen molar-refractivity contribution >= 4 is 5.95 Å². The molecule has 0 aromatic carbocycles. The van der Waals surface area contributed by atoms with Gasteiger partial charge in [-0.1, -0.05) is 0 Å². The van der Waals surface area contributed by atoms with E-state index in [0.29, 0.717) is 5.69 Å². The van der Waals surface area contributed by atoms with Crippen molar-refractivity contribution in [2.45, 2.75) is 12.5 Å². The zero-order valence-corrected chi connectivity index (χ0v) is 7.32. The molecule has 0 spiro atoms. The summed E-state index contributed by atoms with van der Waals surface area (Å²) in [5.74, 6) is -2.37. The Kier molecular flexibility index (Phi) is 2.07. The third-order valence-electron chi connectivity index (χ3n) is 1.99. The van der Waals surface area contributed by atoms with E-state index >= 15 is 0 Å². The monoisotopic (exact) mass is 201 g/mol. The summed E-state index contributed by atoms with van der Waals surface area (Å²) in [5.41, 5.74) is 0.435. The first-order valence-corrected chi connectivity index (χ1v) is 4.16. The molecular weight excluding hydrogens is 192 g/mol. The van der Waals surface area contributed by atoms with Crippen molar-refractivity contribution in [3.8, 4) is 0 Å². The van der Waals surface area contributed by atoms with E-state index in [1.165, 1.54) is 11.1 Å². The number of halogens is 2. The van der Waals surface area contributed by atoms with E-state index in [1.807, 2.05) is 0 Å². The molecule has 1 fully saturated rings. The average Bonchev–Trinajstić information content (AvgIpc) is 2.14. The molecule has 1 N–H and O–H groups in total. The van der Waals surface area contributed by atoms with Crippen LogP contribution in [0.5, 0.6) is 0 Å². The second-order valence-corrected chi connectivity index (χ2v) is 3.22. The lowest BCUT2D eigenvalue weighted by molar-refractivity contribution is -0.0272. The van der Waals surface area contributed by atoms with Crippen molar-refractivity contribution < 1.29 is 13.9 Å². The minimum atomic E-state index is -2.63. The maximum Gasteiger partial charge on any atom is 0.282 e. The van der Waals surface area contributed by atoms with Crippen molar-refractivity contribution in [1.82, 2.24) is 9.97 Å². The molecule has 14 heavy (non-hydrogen) atoms. The van der Waals surface area contributed by atoms with Crippen LogP contribution < -0.4 is 4.90 Å². The molecule has 0 atom stereocenters. The fraction of sp³-hybridized carbons (Fsp3) is 0.500. The van der Waals surface area contributed by atoms with Gasteiger partial charge >= 0.3 is 0 Å². The number of hydrogen-bond donors (Lipinski definition) is 1. The molecular formula is C8H9F2N3O. The normalized spacial score (nSPS) is 19.2. The predicted molar refractivity (Wildman–Crippen MR) is 45.1 cm³/mol. The number of rotatable bonds is 2. The predicted octanol–water partition coefficient (Wildman–Crippen LogP) is 0.424. The maximum atomic E-state index is 12.5. The standard InChI is InChI=1S/C8H9F2N3O/c9-8(10)4-13(5-8)7-11-2-1-6(3-14)12-7/h1-2,14H,3-5H2. The molecule has 76 valence electrons. The molecule has 0 saturated carbocycles. The van der Waals surface area contributed by atoms with E-state index in [4.69, 9.17) is 5.11 Å². The van der Waals surface area contributed by atoms with Gasteiger partial charge in [0, 0.05) is 6.20 Å². The molecule has 2 heterocycles. The Morgan fingerprint density at radius 3 is 2.79 bits per heavy atom. The minimum Gasteiger partial charge on any atom is -0.390 e. The van der Waals surface area contributed by atoms with Gasteiger partial charge in [-0.15, -0.1) is 0 Å².